The first-order chi connectivity index (χ1) is 6.78. The van der Waals surface area contributed by atoms with Gasteiger partial charge in [-0.25, -0.2) is 8.42 Å². The van der Waals surface area contributed by atoms with Gasteiger partial charge in [0, 0.05) is 12.5 Å². The van der Waals surface area contributed by atoms with E-state index in [0.29, 0.717) is 12.3 Å². The predicted molar refractivity (Wildman–Crippen MR) is 66.9 cm³/mol. The van der Waals surface area contributed by atoms with Gasteiger partial charge < -0.3 is 5.73 Å². The van der Waals surface area contributed by atoms with Gasteiger partial charge in [-0.2, -0.15) is 0 Å². The van der Waals surface area contributed by atoms with E-state index in [1.165, 1.54) is 0 Å². The molecule has 0 aromatic carbocycles. The van der Waals surface area contributed by atoms with Crippen LogP contribution in [0, 0.1) is 11.8 Å². The lowest BCUT2D eigenvalue weighted by Crippen LogP contribution is -2.38. The van der Waals surface area contributed by atoms with Crippen LogP contribution < -0.4 is 10.5 Å². The summed E-state index contributed by atoms with van der Waals surface area (Å²) >= 11 is 0. The van der Waals surface area contributed by atoms with Crippen molar-refractivity contribution in [3.63, 3.8) is 0 Å². The van der Waals surface area contributed by atoms with Gasteiger partial charge in [0.15, 0.2) is 0 Å². The lowest BCUT2D eigenvalue weighted by atomic mass is 9.99. The predicted octanol–water partition coefficient (Wildman–Crippen LogP) is 0.495. The molecule has 0 aliphatic rings. The lowest BCUT2D eigenvalue weighted by molar-refractivity contribution is -0.123. The summed E-state index contributed by atoms with van der Waals surface area (Å²) in [6.45, 7) is 5.70. The molecule has 98 valence electrons. The second-order valence-corrected chi connectivity index (χ2v) is 5.95. The van der Waals surface area contributed by atoms with Crippen LogP contribution >= 0.6 is 12.4 Å². The first-order valence-corrected chi connectivity index (χ1v) is 6.68. The second-order valence-electron chi connectivity index (χ2n) is 4.10. The maximum atomic E-state index is 11.4. The van der Waals surface area contributed by atoms with Crippen LogP contribution in [0.1, 0.15) is 27.2 Å². The lowest BCUT2D eigenvalue weighted by Gasteiger charge is -2.13. The summed E-state index contributed by atoms with van der Waals surface area (Å²) in [7, 11) is -3.54. The third-order valence-electron chi connectivity index (χ3n) is 1.92. The van der Waals surface area contributed by atoms with Gasteiger partial charge in [-0.3, -0.25) is 9.52 Å². The fourth-order valence-corrected chi connectivity index (χ4v) is 2.19. The van der Waals surface area contributed by atoms with E-state index in [1.54, 1.807) is 6.92 Å². The Morgan fingerprint density at radius 3 is 2.19 bits per heavy atom. The maximum absolute atomic E-state index is 11.4. The molecule has 0 unspecified atom stereocenters. The molecule has 3 N–H and O–H groups in total. The van der Waals surface area contributed by atoms with E-state index in [4.69, 9.17) is 5.73 Å². The quantitative estimate of drug-likeness (QED) is 0.737. The van der Waals surface area contributed by atoms with Crippen molar-refractivity contribution in [1.29, 1.82) is 0 Å². The van der Waals surface area contributed by atoms with Crippen LogP contribution in [0.3, 0.4) is 0 Å². The van der Waals surface area contributed by atoms with Gasteiger partial charge >= 0.3 is 0 Å². The van der Waals surface area contributed by atoms with Crippen molar-refractivity contribution in [3.8, 4) is 0 Å². The molecule has 0 aromatic heterocycles. The molecule has 0 bridgehead atoms. The Bertz CT molecular complexity index is 304. The van der Waals surface area contributed by atoms with Crippen molar-refractivity contribution in [3.05, 3.63) is 0 Å². The third-order valence-corrected chi connectivity index (χ3v) is 3.20. The Labute approximate surface area is 104 Å². The van der Waals surface area contributed by atoms with Crippen LogP contribution in [0.25, 0.3) is 0 Å². The zero-order chi connectivity index (χ0) is 12.1. The van der Waals surface area contributed by atoms with Crippen LogP contribution in [0.5, 0.6) is 0 Å². The van der Waals surface area contributed by atoms with Crippen molar-refractivity contribution in [2.45, 2.75) is 27.2 Å². The highest BCUT2D eigenvalue weighted by molar-refractivity contribution is 7.90. The highest BCUT2D eigenvalue weighted by Crippen LogP contribution is 2.10. The van der Waals surface area contributed by atoms with Crippen LogP contribution in [0.15, 0.2) is 0 Å². The summed E-state index contributed by atoms with van der Waals surface area (Å²) in [4.78, 5) is 11.4. The number of carbonyl (C=O) groups excluding carboxylic acids is 1. The van der Waals surface area contributed by atoms with Crippen LogP contribution in [0.2, 0.25) is 0 Å². The average Bonchev–Trinajstić information content (AvgIpc) is 2.01. The molecule has 0 fully saturated rings. The number of rotatable bonds is 6. The number of nitrogens with one attached hydrogen (secondary N) is 1. The van der Waals surface area contributed by atoms with Gasteiger partial charge in [0.1, 0.15) is 0 Å². The SMILES string of the molecule is CC(C)C[C@@H](C)C(=O)NS(=O)(=O)CCN.Cl. The Morgan fingerprint density at radius 1 is 1.31 bits per heavy atom. The van der Waals surface area contributed by atoms with E-state index in [-0.39, 0.29) is 30.6 Å². The summed E-state index contributed by atoms with van der Waals surface area (Å²) in [5.41, 5.74) is 5.12. The minimum Gasteiger partial charge on any atom is -0.329 e. The molecule has 0 aliphatic heterocycles. The summed E-state index contributed by atoms with van der Waals surface area (Å²) in [6.07, 6.45) is 0.671. The molecule has 0 saturated carbocycles. The molecule has 0 heterocycles. The highest BCUT2D eigenvalue weighted by atomic mass is 35.5. The van der Waals surface area contributed by atoms with Crippen LogP contribution in [0.4, 0.5) is 0 Å². The number of halogens is 1. The van der Waals surface area contributed by atoms with Crippen molar-refractivity contribution in [1.82, 2.24) is 4.72 Å². The van der Waals surface area contributed by atoms with Gasteiger partial charge in [-0.15, -0.1) is 12.4 Å². The van der Waals surface area contributed by atoms with E-state index >= 15 is 0 Å². The van der Waals surface area contributed by atoms with E-state index in [9.17, 15) is 13.2 Å². The summed E-state index contributed by atoms with van der Waals surface area (Å²) < 4.78 is 24.5. The smallest absolute Gasteiger partial charge is 0.236 e. The molecule has 0 saturated heterocycles. The van der Waals surface area contributed by atoms with E-state index in [1.807, 2.05) is 18.6 Å². The molecule has 0 rings (SSSR count). The van der Waals surface area contributed by atoms with E-state index < -0.39 is 15.9 Å². The van der Waals surface area contributed by atoms with Crippen molar-refractivity contribution < 1.29 is 13.2 Å². The number of carbonyl (C=O) groups is 1. The fourth-order valence-electron chi connectivity index (χ4n) is 1.27. The maximum Gasteiger partial charge on any atom is 0.236 e. The molecular weight excluding hydrogens is 252 g/mol. The van der Waals surface area contributed by atoms with E-state index in [2.05, 4.69) is 0 Å². The van der Waals surface area contributed by atoms with Crippen molar-refractivity contribution in [2.75, 3.05) is 12.3 Å². The fraction of sp³-hybridized carbons (Fsp3) is 0.889. The normalized spacial score (nSPS) is 13.1. The molecule has 0 aliphatic carbocycles. The Hall–Kier alpha value is -0.330. The second kappa shape index (κ2) is 7.86. The third kappa shape index (κ3) is 7.90. The largest absolute Gasteiger partial charge is 0.329 e. The average molecular weight is 273 g/mol. The van der Waals surface area contributed by atoms with Gasteiger partial charge in [0.05, 0.1) is 5.75 Å². The Morgan fingerprint density at radius 2 is 1.81 bits per heavy atom. The van der Waals surface area contributed by atoms with Gasteiger partial charge in [0.2, 0.25) is 15.9 Å². The molecule has 0 aromatic rings. The van der Waals surface area contributed by atoms with Crippen LogP contribution in [-0.4, -0.2) is 26.6 Å². The number of nitrogens with two attached hydrogens (primary N) is 1. The molecule has 16 heavy (non-hydrogen) atoms. The van der Waals surface area contributed by atoms with Crippen molar-refractivity contribution in [2.24, 2.45) is 17.6 Å². The summed E-state index contributed by atoms with van der Waals surface area (Å²) in [5.74, 6) is -0.592. The first kappa shape index (κ1) is 18.0. The van der Waals surface area contributed by atoms with Crippen LogP contribution in [-0.2, 0) is 14.8 Å². The minimum atomic E-state index is -3.54. The molecule has 7 heteroatoms. The Balaban J connectivity index is 0. The van der Waals surface area contributed by atoms with Gasteiger partial charge in [0.25, 0.3) is 0 Å². The number of amides is 1. The molecular formula is C9H21ClN2O3S. The number of hydrogen-bond donors (Lipinski definition) is 2. The monoisotopic (exact) mass is 272 g/mol. The topological polar surface area (TPSA) is 89.3 Å². The zero-order valence-corrected chi connectivity index (χ0v) is 11.5. The summed E-state index contributed by atoms with van der Waals surface area (Å²) in [6, 6.07) is 0. The highest BCUT2D eigenvalue weighted by Gasteiger charge is 2.19. The van der Waals surface area contributed by atoms with Gasteiger partial charge in [-0.1, -0.05) is 20.8 Å². The van der Waals surface area contributed by atoms with Crippen molar-refractivity contribution >= 4 is 28.3 Å². The van der Waals surface area contributed by atoms with E-state index in [0.717, 1.165) is 0 Å². The zero-order valence-electron chi connectivity index (χ0n) is 9.89. The van der Waals surface area contributed by atoms with Gasteiger partial charge in [-0.05, 0) is 12.3 Å². The summed E-state index contributed by atoms with van der Waals surface area (Å²) in [5, 5.41) is 0. The molecule has 0 spiro atoms. The molecule has 1 atom stereocenters. The Kier molecular flexibility index (Phi) is 8.87. The minimum absolute atomic E-state index is 0. The number of sulfonamides is 1. The number of hydrogen-bond acceptors (Lipinski definition) is 4. The standard InChI is InChI=1S/C9H20N2O3S.ClH/c1-7(2)6-8(3)9(12)11-15(13,14)5-4-10;/h7-8H,4-6,10H2,1-3H3,(H,11,12);1H/t8-;/m1./s1. The molecule has 5 nitrogen and oxygen atoms in total. The molecule has 0 radical (unpaired) electrons. The molecule has 1 amide bonds. The first-order valence-electron chi connectivity index (χ1n) is 5.03.